The highest BCUT2D eigenvalue weighted by molar-refractivity contribution is 7.91. The normalized spacial score (nSPS) is 12.5. The van der Waals surface area contributed by atoms with Crippen molar-refractivity contribution in [2.24, 2.45) is 20.5 Å². The van der Waals surface area contributed by atoms with Crippen LogP contribution in [0.25, 0.3) is 10.8 Å². The topological polar surface area (TPSA) is 150 Å². The summed E-state index contributed by atoms with van der Waals surface area (Å²) in [6.07, 6.45) is 1.06. The second-order valence-corrected chi connectivity index (χ2v) is 14.2. The van der Waals surface area contributed by atoms with Gasteiger partial charge in [-0.25, -0.2) is 16.8 Å². The first-order chi connectivity index (χ1) is 20.5. The third-order valence-corrected chi connectivity index (χ3v) is 10.5. The van der Waals surface area contributed by atoms with E-state index in [1.807, 2.05) is 26.8 Å². The number of nitrogens with zero attached hydrogens (tertiary/aromatic N) is 4. The molecule has 4 rings (SSSR count). The highest BCUT2D eigenvalue weighted by atomic mass is 32.2. The van der Waals surface area contributed by atoms with Gasteiger partial charge in [0, 0.05) is 17.3 Å². The highest BCUT2D eigenvalue weighted by Crippen LogP contribution is 2.45. The van der Waals surface area contributed by atoms with Gasteiger partial charge in [0.2, 0.25) is 0 Å². The third-order valence-electron chi connectivity index (χ3n) is 6.67. The number of nitrogens with one attached hydrogen (secondary N) is 1. The molecule has 0 atom stereocenters. The number of azo groups is 2. The lowest BCUT2D eigenvalue weighted by Gasteiger charge is -2.13. The van der Waals surface area contributed by atoms with Crippen LogP contribution in [0, 0.1) is 6.92 Å². The summed E-state index contributed by atoms with van der Waals surface area (Å²) in [4.78, 5) is 0.472. The predicted octanol–water partition coefficient (Wildman–Crippen LogP) is 8.48. The Kier molecular flexibility index (Phi) is 9.92. The van der Waals surface area contributed by atoms with Crippen molar-refractivity contribution in [2.45, 2.75) is 50.3 Å². The van der Waals surface area contributed by atoms with Crippen LogP contribution in [0.2, 0.25) is 0 Å². The van der Waals surface area contributed by atoms with Crippen LogP contribution in [0.15, 0.2) is 97.0 Å². The van der Waals surface area contributed by atoms with Crippen LogP contribution in [0.5, 0.6) is 5.75 Å². The fourth-order valence-corrected chi connectivity index (χ4v) is 7.20. The molecule has 4 aromatic rings. The largest absolute Gasteiger partial charge is 0.505 e. The summed E-state index contributed by atoms with van der Waals surface area (Å²) < 4.78 is 49.3. The molecule has 0 aliphatic carbocycles. The SMILES string of the molecule is CCCS(=O)(=O)c1ccc(N=Nc2c(C)cc3c(N=Nc4ccc(S(=O)(=O)CCC)cc4)c(NCC)ccc3c2O)cc1. The monoisotopic (exact) mass is 621 g/mol. The Hall–Kier alpha value is -4.16. The standard InChI is InChI=1S/C31H35N5O5S2/c1-5-18-42(38,39)24-12-8-22(9-13-24)33-35-29-21(4)20-27-26(31(29)37)16-17-28(32-7-3)30(27)36-34-23-10-14-25(15-11-23)43(40,41)19-6-2/h8-17,20,32,37H,5-7,18-19H2,1-4H3. The number of fused-ring (bicyclic) bond motifs is 1. The Morgan fingerprint density at radius 3 is 1.60 bits per heavy atom. The average Bonchev–Trinajstić information content (AvgIpc) is 2.97. The van der Waals surface area contributed by atoms with Crippen LogP contribution in [-0.4, -0.2) is 40.0 Å². The second kappa shape index (κ2) is 13.4. The number of aryl methyl sites for hydroxylation is 1. The zero-order valence-corrected chi connectivity index (χ0v) is 26.2. The molecule has 0 aliphatic rings. The first-order valence-electron chi connectivity index (χ1n) is 14.0. The number of benzene rings is 4. The van der Waals surface area contributed by atoms with Gasteiger partial charge in [-0.05, 0) is 99.0 Å². The molecule has 4 aromatic carbocycles. The summed E-state index contributed by atoms with van der Waals surface area (Å²) in [5.74, 6) is 0.0756. The molecule has 43 heavy (non-hydrogen) atoms. The molecule has 12 heteroatoms. The van der Waals surface area contributed by atoms with E-state index in [4.69, 9.17) is 0 Å². The van der Waals surface area contributed by atoms with Crippen molar-refractivity contribution in [3.05, 3.63) is 72.3 Å². The Morgan fingerprint density at radius 1 is 0.651 bits per heavy atom. The van der Waals surface area contributed by atoms with Gasteiger partial charge in [0.05, 0.1) is 38.4 Å². The van der Waals surface area contributed by atoms with E-state index in [1.165, 1.54) is 24.3 Å². The molecule has 226 valence electrons. The van der Waals surface area contributed by atoms with Gasteiger partial charge in [-0.3, -0.25) is 0 Å². The Labute approximate surface area is 252 Å². The summed E-state index contributed by atoms with van der Waals surface area (Å²) in [5.41, 5.74) is 3.07. The molecule has 0 saturated heterocycles. The number of phenolic OH excluding ortho intramolecular Hbond substituents is 1. The van der Waals surface area contributed by atoms with E-state index in [0.717, 1.165) is 0 Å². The summed E-state index contributed by atoms with van der Waals surface area (Å²) in [5, 5.41) is 33.0. The van der Waals surface area contributed by atoms with Crippen LogP contribution >= 0.6 is 0 Å². The maximum Gasteiger partial charge on any atom is 0.178 e. The van der Waals surface area contributed by atoms with Gasteiger partial charge in [-0.15, -0.1) is 10.2 Å². The molecule has 0 amide bonds. The van der Waals surface area contributed by atoms with Gasteiger partial charge in [-0.2, -0.15) is 10.2 Å². The number of hydrogen-bond donors (Lipinski definition) is 2. The molecule has 0 aliphatic heterocycles. The minimum Gasteiger partial charge on any atom is -0.505 e. The fraction of sp³-hybridized carbons (Fsp3) is 0.290. The minimum atomic E-state index is -3.33. The van der Waals surface area contributed by atoms with Crippen molar-refractivity contribution < 1.29 is 21.9 Å². The van der Waals surface area contributed by atoms with Crippen LogP contribution in [-0.2, 0) is 19.7 Å². The van der Waals surface area contributed by atoms with Gasteiger partial charge in [-0.1, -0.05) is 13.8 Å². The lowest BCUT2D eigenvalue weighted by Crippen LogP contribution is -2.05. The summed E-state index contributed by atoms with van der Waals surface area (Å²) in [7, 11) is -6.67. The van der Waals surface area contributed by atoms with E-state index in [0.29, 0.717) is 58.5 Å². The van der Waals surface area contributed by atoms with E-state index in [2.05, 4.69) is 25.8 Å². The lowest BCUT2D eigenvalue weighted by atomic mass is 10.0. The smallest absolute Gasteiger partial charge is 0.178 e. The van der Waals surface area contributed by atoms with Crippen molar-refractivity contribution in [1.29, 1.82) is 0 Å². The summed E-state index contributed by atoms with van der Waals surface area (Å²) >= 11 is 0. The van der Waals surface area contributed by atoms with Gasteiger partial charge < -0.3 is 10.4 Å². The molecule has 10 nitrogen and oxygen atoms in total. The van der Waals surface area contributed by atoms with Gasteiger partial charge in [0.1, 0.15) is 11.4 Å². The first-order valence-corrected chi connectivity index (χ1v) is 17.3. The molecule has 0 fully saturated rings. The molecule has 0 aromatic heterocycles. The third kappa shape index (κ3) is 7.26. The number of aromatic hydroxyl groups is 1. The number of anilines is 1. The lowest BCUT2D eigenvalue weighted by molar-refractivity contribution is 0.482. The Bertz CT molecular complexity index is 1890. The van der Waals surface area contributed by atoms with Crippen molar-refractivity contribution >= 4 is 58.9 Å². The minimum absolute atomic E-state index is 0.0741. The number of phenols is 1. The van der Waals surface area contributed by atoms with E-state index < -0.39 is 19.7 Å². The van der Waals surface area contributed by atoms with E-state index in [1.54, 1.807) is 43.3 Å². The van der Waals surface area contributed by atoms with E-state index >= 15 is 0 Å². The first kappa shape index (κ1) is 31.8. The molecule has 0 heterocycles. The zero-order valence-electron chi connectivity index (χ0n) is 24.6. The van der Waals surface area contributed by atoms with Crippen molar-refractivity contribution in [3.63, 3.8) is 0 Å². The van der Waals surface area contributed by atoms with Crippen molar-refractivity contribution in [3.8, 4) is 5.75 Å². The molecular formula is C31H35N5O5S2. The number of sulfone groups is 2. The molecule has 0 spiro atoms. The predicted molar refractivity (Wildman–Crippen MR) is 170 cm³/mol. The number of hydrogen-bond acceptors (Lipinski definition) is 10. The zero-order chi connectivity index (χ0) is 31.2. The maximum absolute atomic E-state index is 12.4. The average molecular weight is 622 g/mol. The second-order valence-electron chi connectivity index (χ2n) is 10.0. The molecule has 0 saturated carbocycles. The van der Waals surface area contributed by atoms with Crippen LogP contribution in [0.3, 0.4) is 0 Å². The quantitative estimate of drug-likeness (QED) is 0.151. The summed E-state index contributed by atoms with van der Waals surface area (Å²) in [6, 6.07) is 17.8. The van der Waals surface area contributed by atoms with Gasteiger partial charge in [0.25, 0.3) is 0 Å². The molecule has 0 unspecified atom stereocenters. The van der Waals surface area contributed by atoms with E-state index in [-0.39, 0.29) is 32.7 Å². The Balaban J connectivity index is 1.69. The molecule has 2 N–H and O–H groups in total. The van der Waals surface area contributed by atoms with Gasteiger partial charge >= 0.3 is 0 Å². The molecular weight excluding hydrogens is 587 g/mol. The summed E-state index contributed by atoms with van der Waals surface area (Å²) in [6.45, 7) is 8.02. The van der Waals surface area contributed by atoms with Crippen molar-refractivity contribution in [1.82, 2.24) is 0 Å². The van der Waals surface area contributed by atoms with Crippen molar-refractivity contribution in [2.75, 3.05) is 23.4 Å². The van der Waals surface area contributed by atoms with Crippen LogP contribution in [0.1, 0.15) is 39.2 Å². The van der Waals surface area contributed by atoms with E-state index in [9.17, 15) is 21.9 Å². The number of rotatable bonds is 12. The Morgan fingerprint density at radius 2 is 1.14 bits per heavy atom. The maximum atomic E-state index is 12.4. The fourth-order valence-electron chi connectivity index (χ4n) is 4.56. The molecule has 0 radical (unpaired) electrons. The highest BCUT2D eigenvalue weighted by Gasteiger charge is 2.17. The van der Waals surface area contributed by atoms with Gasteiger partial charge in [0.15, 0.2) is 25.4 Å². The molecule has 0 bridgehead atoms. The van der Waals surface area contributed by atoms with Crippen LogP contribution < -0.4 is 5.32 Å². The van der Waals surface area contributed by atoms with Crippen LogP contribution in [0.4, 0.5) is 28.4 Å².